The molecule has 3 rings (SSSR count). The molecule has 3 aliphatic rings. The Bertz CT molecular complexity index is 344. The van der Waals surface area contributed by atoms with Gasteiger partial charge in [0.05, 0.1) is 12.2 Å². The van der Waals surface area contributed by atoms with Crippen molar-refractivity contribution in [1.29, 1.82) is 0 Å². The van der Waals surface area contributed by atoms with Crippen molar-refractivity contribution < 1.29 is 8.78 Å². The number of hydrogen-bond acceptors (Lipinski definition) is 2. The zero-order chi connectivity index (χ0) is 10.4. The average molecular weight is 212 g/mol. The highest BCUT2D eigenvalue weighted by molar-refractivity contribution is 5.30. The molecule has 0 saturated carbocycles. The van der Waals surface area contributed by atoms with E-state index in [1.165, 1.54) is 0 Å². The SMILES string of the molecule is FC1=CC(F)=C2C3CNCC(C3)CN2C1. The highest BCUT2D eigenvalue weighted by Gasteiger charge is 2.37. The van der Waals surface area contributed by atoms with E-state index in [2.05, 4.69) is 5.32 Å². The van der Waals surface area contributed by atoms with E-state index in [0.29, 0.717) is 5.92 Å². The normalized spacial score (nSPS) is 35.1. The molecule has 15 heavy (non-hydrogen) atoms. The molecule has 0 radical (unpaired) electrons. The summed E-state index contributed by atoms with van der Waals surface area (Å²) in [6, 6.07) is 0. The van der Waals surface area contributed by atoms with E-state index in [-0.39, 0.29) is 24.1 Å². The summed E-state index contributed by atoms with van der Waals surface area (Å²) in [4.78, 5) is 1.88. The van der Waals surface area contributed by atoms with E-state index in [9.17, 15) is 8.78 Å². The van der Waals surface area contributed by atoms with Crippen LogP contribution < -0.4 is 5.32 Å². The number of nitrogens with zero attached hydrogens (tertiary/aromatic N) is 1. The molecule has 3 aliphatic heterocycles. The highest BCUT2D eigenvalue weighted by atomic mass is 19.1. The molecule has 0 aromatic heterocycles. The maximum absolute atomic E-state index is 13.7. The molecule has 0 aliphatic carbocycles. The minimum Gasteiger partial charge on any atom is -0.365 e. The molecule has 4 heteroatoms. The fourth-order valence-corrected chi connectivity index (χ4v) is 2.98. The van der Waals surface area contributed by atoms with E-state index < -0.39 is 0 Å². The van der Waals surface area contributed by atoms with Gasteiger partial charge in [0.25, 0.3) is 0 Å². The lowest BCUT2D eigenvalue weighted by Gasteiger charge is -2.45. The summed E-state index contributed by atoms with van der Waals surface area (Å²) in [6.07, 6.45) is 2.09. The molecule has 0 amide bonds. The molecule has 0 aromatic rings. The van der Waals surface area contributed by atoms with Crippen LogP contribution in [0.3, 0.4) is 0 Å². The van der Waals surface area contributed by atoms with Crippen LogP contribution in [0, 0.1) is 11.8 Å². The topological polar surface area (TPSA) is 15.3 Å². The molecule has 2 fully saturated rings. The minimum atomic E-state index is -0.370. The molecule has 0 aromatic carbocycles. The molecule has 2 unspecified atom stereocenters. The van der Waals surface area contributed by atoms with Gasteiger partial charge in [0.15, 0.2) is 0 Å². The Balaban J connectivity index is 1.97. The molecule has 0 spiro atoms. The molecule has 2 bridgehead atoms. The zero-order valence-electron chi connectivity index (χ0n) is 8.47. The average Bonchev–Trinajstić information content (AvgIpc) is 2.15. The van der Waals surface area contributed by atoms with Crippen LogP contribution in [0.25, 0.3) is 0 Å². The largest absolute Gasteiger partial charge is 0.365 e. The fraction of sp³-hybridized carbons (Fsp3) is 0.636. The Labute approximate surface area is 87.6 Å². The number of fused-ring (bicyclic) bond motifs is 4. The third-order valence-electron chi connectivity index (χ3n) is 3.52. The lowest BCUT2D eigenvalue weighted by Crippen LogP contribution is -2.50. The standard InChI is InChI=1S/C11H14F2N2/c12-9-2-10(13)11-8-1-7(3-14-4-8)5-15(11)6-9/h2,7-8,14H,1,3-6H2. The third-order valence-corrected chi connectivity index (χ3v) is 3.52. The Morgan fingerprint density at radius 2 is 2.20 bits per heavy atom. The van der Waals surface area contributed by atoms with Gasteiger partial charge in [-0.3, -0.25) is 0 Å². The van der Waals surface area contributed by atoms with Crippen molar-refractivity contribution in [2.24, 2.45) is 11.8 Å². The molecular formula is C11H14F2N2. The summed E-state index contributed by atoms with van der Waals surface area (Å²) in [6.45, 7) is 2.85. The summed E-state index contributed by atoms with van der Waals surface area (Å²) in [5, 5.41) is 3.31. The van der Waals surface area contributed by atoms with Gasteiger partial charge < -0.3 is 10.2 Å². The molecule has 2 nitrogen and oxygen atoms in total. The number of halogens is 2. The molecule has 3 heterocycles. The highest BCUT2D eigenvalue weighted by Crippen LogP contribution is 2.38. The number of hydrogen-bond donors (Lipinski definition) is 1. The van der Waals surface area contributed by atoms with Crippen LogP contribution in [0.15, 0.2) is 23.4 Å². The summed E-state index contributed by atoms with van der Waals surface area (Å²) in [5.41, 5.74) is 0.722. The van der Waals surface area contributed by atoms with Gasteiger partial charge in [-0.05, 0) is 18.9 Å². The Hall–Kier alpha value is -0.900. The van der Waals surface area contributed by atoms with Gasteiger partial charge in [-0.25, -0.2) is 8.78 Å². The first-order chi connectivity index (χ1) is 7.24. The Kier molecular flexibility index (Phi) is 2.06. The smallest absolute Gasteiger partial charge is 0.145 e. The first-order valence-corrected chi connectivity index (χ1v) is 5.45. The molecule has 1 N–H and O–H groups in total. The zero-order valence-corrected chi connectivity index (χ0v) is 8.47. The van der Waals surface area contributed by atoms with Crippen molar-refractivity contribution >= 4 is 0 Å². The fourth-order valence-electron chi connectivity index (χ4n) is 2.98. The van der Waals surface area contributed by atoms with Gasteiger partial charge in [0, 0.05) is 25.1 Å². The molecule has 2 saturated heterocycles. The van der Waals surface area contributed by atoms with Crippen LogP contribution >= 0.6 is 0 Å². The van der Waals surface area contributed by atoms with Crippen LogP contribution in [-0.2, 0) is 0 Å². The lowest BCUT2D eigenvalue weighted by molar-refractivity contribution is 0.141. The Morgan fingerprint density at radius 1 is 1.33 bits per heavy atom. The molecule has 2 atom stereocenters. The summed E-state index contributed by atoms with van der Waals surface area (Å²) in [5.74, 6) is 0.0585. The lowest BCUT2D eigenvalue weighted by atomic mass is 9.82. The molecular weight excluding hydrogens is 198 g/mol. The number of allylic oxidation sites excluding steroid dienone is 2. The van der Waals surface area contributed by atoms with Crippen LogP contribution in [0.2, 0.25) is 0 Å². The van der Waals surface area contributed by atoms with Crippen molar-refractivity contribution in [2.75, 3.05) is 26.2 Å². The molecule has 82 valence electrons. The van der Waals surface area contributed by atoms with Crippen molar-refractivity contribution in [3.05, 3.63) is 23.4 Å². The van der Waals surface area contributed by atoms with E-state index in [0.717, 1.165) is 37.8 Å². The van der Waals surface area contributed by atoms with Gasteiger partial charge in [-0.1, -0.05) is 0 Å². The number of nitrogens with one attached hydrogen (secondary N) is 1. The first-order valence-electron chi connectivity index (χ1n) is 5.45. The predicted molar refractivity (Wildman–Crippen MR) is 53.4 cm³/mol. The quantitative estimate of drug-likeness (QED) is 0.655. The monoisotopic (exact) mass is 212 g/mol. The van der Waals surface area contributed by atoms with Crippen molar-refractivity contribution in [3.8, 4) is 0 Å². The maximum atomic E-state index is 13.7. The first kappa shape index (κ1) is 9.33. The second-order valence-electron chi connectivity index (χ2n) is 4.66. The van der Waals surface area contributed by atoms with Crippen molar-refractivity contribution in [2.45, 2.75) is 6.42 Å². The van der Waals surface area contributed by atoms with Crippen LogP contribution in [0.5, 0.6) is 0 Å². The van der Waals surface area contributed by atoms with Crippen molar-refractivity contribution in [1.82, 2.24) is 10.2 Å². The predicted octanol–water partition coefficient (Wildman–Crippen LogP) is 1.58. The van der Waals surface area contributed by atoms with Crippen LogP contribution in [0.1, 0.15) is 6.42 Å². The third kappa shape index (κ3) is 1.47. The van der Waals surface area contributed by atoms with Crippen LogP contribution in [-0.4, -0.2) is 31.1 Å². The van der Waals surface area contributed by atoms with E-state index in [1.54, 1.807) is 0 Å². The Morgan fingerprint density at radius 3 is 3.07 bits per heavy atom. The summed E-state index contributed by atoms with van der Waals surface area (Å²) in [7, 11) is 0. The van der Waals surface area contributed by atoms with Gasteiger partial charge >= 0.3 is 0 Å². The summed E-state index contributed by atoms with van der Waals surface area (Å²) >= 11 is 0. The van der Waals surface area contributed by atoms with E-state index in [1.807, 2.05) is 4.90 Å². The second kappa shape index (κ2) is 3.30. The number of piperidine rings is 2. The van der Waals surface area contributed by atoms with Gasteiger partial charge in [-0.2, -0.15) is 0 Å². The van der Waals surface area contributed by atoms with E-state index in [4.69, 9.17) is 0 Å². The second-order valence-corrected chi connectivity index (χ2v) is 4.66. The van der Waals surface area contributed by atoms with Crippen molar-refractivity contribution in [3.63, 3.8) is 0 Å². The van der Waals surface area contributed by atoms with Crippen LogP contribution in [0.4, 0.5) is 8.78 Å². The van der Waals surface area contributed by atoms with Gasteiger partial charge in [0.2, 0.25) is 0 Å². The van der Waals surface area contributed by atoms with E-state index >= 15 is 0 Å². The summed E-state index contributed by atoms with van der Waals surface area (Å²) < 4.78 is 26.8. The number of rotatable bonds is 0. The maximum Gasteiger partial charge on any atom is 0.145 e. The minimum absolute atomic E-state index is 0.238. The van der Waals surface area contributed by atoms with Gasteiger partial charge in [-0.15, -0.1) is 0 Å². The van der Waals surface area contributed by atoms with Gasteiger partial charge in [0.1, 0.15) is 11.7 Å².